The molecule has 2 N–H and O–H groups in total. The highest BCUT2D eigenvalue weighted by atomic mass is 16.5. The molecule has 0 saturated heterocycles. The van der Waals surface area contributed by atoms with Gasteiger partial charge in [-0.15, -0.1) is 0 Å². The first-order valence-electron chi connectivity index (χ1n) is 18.1. The largest absolute Gasteiger partial charge is 0.494 e. The molecule has 2 amide bonds. The molecule has 0 atom stereocenters. The van der Waals surface area contributed by atoms with Gasteiger partial charge in [-0.2, -0.15) is 10.2 Å². The third kappa shape index (κ3) is 14.2. The van der Waals surface area contributed by atoms with Gasteiger partial charge in [0.15, 0.2) is 0 Å². The highest BCUT2D eigenvalue weighted by Crippen LogP contribution is 2.18. The third-order valence-corrected chi connectivity index (χ3v) is 8.14. The Balaban J connectivity index is 1.20. The number of carbonyl (C=O) groups excluding carboxylic acids is 4. The smallest absolute Gasteiger partial charge is 0.330 e. The maximum absolute atomic E-state index is 12.8. The molecule has 0 heterocycles. The fraction of sp³-hybridized carbons (Fsp3) is 0.227. The predicted molar refractivity (Wildman–Crippen MR) is 218 cm³/mol. The van der Waals surface area contributed by atoms with Gasteiger partial charge >= 0.3 is 11.9 Å². The molecule has 0 fully saturated rings. The third-order valence-electron chi connectivity index (χ3n) is 8.14. The Labute approximate surface area is 326 Å². The highest BCUT2D eigenvalue weighted by Gasteiger charge is 2.09. The summed E-state index contributed by atoms with van der Waals surface area (Å²) in [7, 11) is 0. The lowest BCUT2D eigenvalue weighted by Crippen LogP contribution is -2.12. The average Bonchev–Trinajstić information content (AvgIpc) is 3.22. The summed E-state index contributed by atoms with van der Waals surface area (Å²) in [4.78, 5) is 47.7. The Kier molecular flexibility index (Phi) is 16.8. The van der Waals surface area contributed by atoms with E-state index in [2.05, 4.69) is 34.0 Å². The Morgan fingerprint density at radius 3 is 1.16 bits per heavy atom. The van der Waals surface area contributed by atoms with E-state index in [9.17, 15) is 19.2 Å². The lowest BCUT2D eigenvalue weighted by Gasteiger charge is -2.09. The van der Waals surface area contributed by atoms with E-state index >= 15 is 0 Å². The topological polar surface area (TPSA) is 154 Å². The van der Waals surface area contributed by atoms with Crippen LogP contribution in [0.4, 0.5) is 11.4 Å². The summed E-state index contributed by atoms with van der Waals surface area (Å²) >= 11 is 0. The zero-order chi connectivity index (χ0) is 40.1. The molecule has 0 bridgehead atoms. The molecule has 0 aliphatic heterocycles. The van der Waals surface area contributed by atoms with Crippen LogP contribution < -0.4 is 20.1 Å². The van der Waals surface area contributed by atoms with Crippen LogP contribution in [0.3, 0.4) is 0 Å². The quantitative estimate of drug-likeness (QED) is 0.0284. The van der Waals surface area contributed by atoms with E-state index in [1.807, 2.05) is 38.1 Å². The van der Waals surface area contributed by atoms with Crippen LogP contribution in [0, 0.1) is 0 Å². The van der Waals surface area contributed by atoms with Crippen LogP contribution in [0.2, 0.25) is 0 Å². The number of nitrogens with zero attached hydrogens (tertiary/aromatic N) is 2. The Morgan fingerprint density at radius 1 is 0.500 bits per heavy atom. The van der Waals surface area contributed by atoms with Crippen molar-refractivity contribution in [3.8, 4) is 11.5 Å². The van der Waals surface area contributed by atoms with Gasteiger partial charge in [-0.05, 0) is 123 Å². The zero-order valence-corrected chi connectivity index (χ0v) is 31.6. The maximum Gasteiger partial charge on any atom is 0.330 e. The second kappa shape index (κ2) is 22.4. The summed E-state index contributed by atoms with van der Waals surface area (Å²) in [6, 6.07) is 28.4. The van der Waals surface area contributed by atoms with E-state index < -0.39 is 11.9 Å². The summed E-state index contributed by atoms with van der Waals surface area (Å²) in [6.07, 6.45) is 5.05. The first kappa shape index (κ1) is 41.9. The number of carbonyl (C=O) groups is 4. The molecule has 4 rings (SSSR count). The van der Waals surface area contributed by atoms with Gasteiger partial charge in [0.2, 0.25) is 0 Å². The summed E-state index contributed by atoms with van der Waals surface area (Å²) < 4.78 is 21.3. The van der Waals surface area contributed by atoms with Crippen molar-refractivity contribution in [2.75, 3.05) is 37.1 Å². The predicted octanol–water partition coefficient (Wildman–Crippen LogP) is 8.20. The number of hydrogen-bond acceptors (Lipinski definition) is 10. The molecule has 0 aromatic heterocycles. The minimum absolute atomic E-state index is 0.250. The number of ether oxygens (including phenoxy) is 4. The molecule has 12 heteroatoms. The summed E-state index contributed by atoms with van der Waals surface area (Å²) in [5.41, 5.74) is 5.34. The van der Waals surface area contributed by atoms with Gasteiger partial charge in [0.1, 0.15) is 11.5 Å². The number of rotatable bonds is 21. The molecule has 0 unspecified atom stereocenters. The first-order chi connectivity index (χ1) is 27.1. The van der Waals surface area contributed by atoms with Crippen LogP contribution in [-0.4, -0.2) is 61.6 Å². The summed E-state index contributed by atoms with van der Waals surface area (Å²) in [5.74, 6) is -0.0901. The van der Waals surface area contributed by atoms with Crippen molar-refractivity contribution in [2.45, 2.75) is 39.5 Å². The van der Waals surface area contributed by atoms with Crippen LogP contribution in [0.25, 0.3) is 0 Å². The Bertz CT molecular complexity index is 1860. The second-order valence-corrected chi connectivity index (χ2v) is 12.3. The molecule has 0 radical (unpaired) electrons. The van der Waals surface area contributed by atoms with Gasteiger partial charge in [-0.1, -0.05) is 37.4 Å². The van der Waals surface area contributed by atoms with Crippen molar-refractivity contribution in [3.05, 3.63) is 145 Å². The number of hydrogen-bond donors (Lipinski definition) is 2. The SMILES string of the molecule is C=CC(=O)OCCCCOc1ccc(C(=O)Nc2ccc(C(C)=NN=C(C)c3ccc(NC(=O)c4ccc(OCCCCOC(=O)C=C)cc4)cc3)cc2)cc1. The van der Waals surface area contributed by atoms with Crippen LogP contribution >= 0.6 is 0 Å². The lowest BCUT2D eigenvalue weighted by atomic mass is 10.1. The van der Waals surface area contributed by atoms with Gasteiger partial charge in [-0.25, -0.2) is 9.59 Å². The summed E-state index contributed by atoms with van der Waals surface area (Å²) in [6.45, 7) is 12.0. The van der Waals surface area contributed by atoms with Crippen molar-refractivity contribution in [3.63, 3.8) is 0 Å². The van der Waals surface area contributed by atoms with Crippen LogP contribution in [0.1, 0.15) is 71.4 Å². The monoisotopic (exact) mass is 758 g/mol. The number of benzene rings is 4. The lowest BCUT2D eigenvalue weighted by molar-refractivity contribution is -0.138. The average molecular weight is 759 g/mol. The van der Waals surface area contributed by atoms with Gasteiger partial charge in [0.25, 0.3) is 11.8 Å². The van der Waals surface area contributed by atoms with Gasteiger partial charge in [0.05, 0.1) is 37.9 Å². The zero-order valence-electron chi connectivity index (χ0n) is 31.6. The van der Waals surface area contributed by atoms with Crippen LogP contribution in [-0.2, 0) is 19.1 Å². The molecule has 0 spiro atoms. The van der Waals surface area contributed by atoms with Crippen molar-refractivity contribution in [1.29, 1.82) is 0 Å². The van der Waals surface area contributed by atoms with Crippen LogP contribution in [0.5, 0.6) is 11.5 Å². The van der Waals surface area contributed by atoms with Crippen molar-refractivity contribution < 1.29 is 38.1 Å². The van der Waals surface area contributed by atoms with Crippen molar-refractivity contribution >= 4 is 46.6 Å². The van der Waals surface area contributed by atoms with Gasteiger partial charge < -0.3 is 29.6 Å². The minimum atomic E-state index is -0.438. The Morgan fingerprint density at radius 2 is 0.821 bits per heavy atom. The van der Waals surface area contributed by atoms with Gasteiger partial charge in [-0.3, -0.25) is 9.59 Å². The molecule has 56 heavy (non-hydrogen) atoms. The molecule has 0 aliphatic rings. The van der Waals surface area contributed by atoms with Crippen molar-refractivity contribution in [1.82, 2.24) is 0 Å². The van der Waals surface area contributed by atoms with Gasteiger partial charge in [0, 0.05) is 34.7 Å². The van der Waals surface area contributed by atoms with Crippen LogP contribution in [0.15, 0.2) is 133 Å². The number of unbranched alkanes of at least 4 members (excludes halogenated alkanes) is 2. The molecule has 0 saturated carbocycles. The van der Waals surface area contributed by atoms with Crippen molar-refractivity contribution in [2.24, 2.45) is 10.2 Å². The fourth-order valence-electron chi connectivity index (χ4n) is 4.92. The standard InChI is InChI=1S/C44H46N4O8/c1-5-41(49)55-29-9-7-27-53-39-23-15-35(16-24-39)43(51)45-37-19-11-33(12-20-37)31(3)47-48-32(4)34-13-21-38(22-14-34)46-44(52)36-17-25-40(26-18-36)54-28-8-10-30-56-42(50)6-2/h5-6,11-26H,1-2,7-10,27-30H2,3-4H3,(H,45,51)(H,46,52). The Hall–Kier alpha value is -6.82. The molecule has 4 aromatic rings. The van der Waals surface area contributed by atoms with E-state index in [4.69, 9.17) is 18.9 Å². The molecule has 12 nitrogen and oxygen atoms in total. The van der Waals surface area contributed by atoms with E-state index in [1.165, 1.54) is 0 Å². The fourth-order valence-corrected chi connectivity index (χ4v) is 4.92. The molecular weight excluding hydrogens is 713 g/mol. The molecule has 290 valence electrons. The number of anilines is 2. The summed E-state index contributed by atoms with van der Waals surface area (Å²) in [5, 5.41) is 14.6. The van der Waals surface area contributed by atoms with E-state index in [0.717, 1.165) is 23.3 Å². The van der Waals surface area contributed by atoms with E-state index in [0.29, 0.717) is 97.5 Å². The number of amides is 2. The maximum atomic E-state index is 12.8. The number of esters is 2. The number of nitrogens with one attached hydrogen (secondary N) is 2. The first-order valence-corrected chi connectivity index (χ1v) is 18.1. The molecule has 0 aliphatic carbocycles. The highest BCUT2D eigenvalue weighted by molar-refractivity contribution is 6.06. The van der Waals surface area contributed by atoms with E-state index in [1.54, 1.807) is 72.8 Å². The normalized spacial score (nSPS) is 11.2. The molecular formula is C44H46N4O8. The minimum Gasteiger partial charge on any atom is -0.494 e. The van der Waals surface area contributed by atoms with E-state index in [-0.39, 0.29) is 11.8 Å². The molecule has 4 aromatic carbocycles. The second-order valence-electron chi connectivity index (χ2n) is 12.3.